The number of aliphatic hydroxyl groups is 1. The van der Waals surface area contributed by atoms with Crippen LogP contribution in [0.15, 0.2) is 34.9 Å². The van der Waals surface area contributed by atoms with E-state index in [0.29, 0.717) is 5.82 Å². The van der Waals surface area contributed by atoms with Gasteiger partial charge in [0.05, 0.1) is 12.6 Å². The molecule has 1 aromatic carbocycles. The summed E-state index contributed by atoms with van der Waals surface area (Å²) in [6, 6.07) is 7.50. The average molecular weight is 343 g/mol. The van der Waals surface area contributed by atoms with Crippen LogP contribution in [0.4, 0.5) is 5.82 Å². The molecule has 4 nitrogen and oxygen atoms in total. The molecular weight excluding hydrogens is 330 g/mol. The van der Waals surface area contributed by atoms with E-state index in [1.807, 2.05) is 31.2 Å². The third-order valence-corrected chi connectivity index (χ3v) is 3.36. The number of halogens is 2. The smallest absolute Gasteiger partial charge is 0.224 e. The van der Waals surface area contributed by atoms with Gasteiger partial charge < -0.3 is 10.4 Å². The van der Waals surface area contributed by atoms with Crippen molar-refractivity contribution in [2.24, 2.45) is 0 Å². The van der Waals surface area contributed by atoms with Crippen molar-refractivity contribution >= 4 is 33.3 Å². The molecule has 0 unspecified atom stereocenters. The fourth-order valence-electron chi connectivity index (χ4n) is 1.69. The van der Waals surface area contributed by atoms with Crippen molar-refractivity contribution < 1.29 is 5.11 Å². The second-order valence-electron chi connectivity index (χ2n) is 4.11. The third kappa shape index (κ3) is 3.65. The Balaban J connectivity index is 2.26. The van der Waals surface area contributed by atoms with E-state index in [-0.39, 0.29) is 17.9 Å². The van der Waals surface area contributed by atoms with Gasteiger partial charge in [-0.05, 0) is 36.2 Å². The van der Waals surface area contributed by atoms with E-state index in [1.54, 1.807) is 6.20 Å². The molecule has 1 atom stereocenters. The molecule has 0 spiro atoms. The lowest BCUT2D eigenvalue weighted by molar-refractivity contribution is 0.276. The minimum atomic E-state index is -0.248. The number of nitrogens with zero attached hydrogens (tertiary/aromatic N) is 2. The molecule has 19 heavy (non-hydrogen) atoms. The van der Waals surface area contributed by atoms with Crippen molar-refractivity contribution in [2.75, 3.05) is 11.9 Å². The molecule has 0 amide bonds. The topological polar surface area (TPSA) is 58.0 Å². The molecular formula is C13H13BrClN3O. The lowest BCUT2D eigenvalue weighted by Gasteiger charge is -2.18. The van der Waals surface area contributed by atoms with Gasteiger partial charge in [0.15, 0.2) is 0 Å². The van der Waals surface area contributed by atoms with Crippen LogP contribution in [0.2, 0.25) is 5.28 Å². The Morgan fingerprint density at radius 3 is 2.95 bits per heavy atom. The molecule has 2 aromatic rings. The SMILES string of the molecule is Cc1cnc(Cl)nc1N[C@H](CO)c1cccc(Br)c1. The molecule has 2 rings (SSSR count). The number of hydrogen-bond donors (Lipinski definition) is 2. The van der Waals surface area contributed by atoms with Gasteiger partial charge in [0.25, 0.3) is 0 Å². The fraction of sp³-hybridized carbons (Fsp3) is 0.231. The first kappa shape index (κ1) is 14.2. The van der Waals surface area contributed by atoms with Crippen LogP contribution in [-0.2, 0) is 0 Å². The van der Waals surface area contributed by atoms with Crippen LogP contribution in [0.1, 0.15) is 17.2 Å². The second kappa shape index (κ2) is 6.32. The van der Waals surface area contributed by atoms with Crippen molar-refractivity contribution in [2.45, 2.75) is 13.0 Å². The van der Waals surface area contributed by atoms with E-state index < -0.39 is 0 Å². The third-order valence-electron chi connectivity index (χ3n) is 2.69. The van der Waals surface area contributed by atoms with Crippen molar-refractivity contribution in [3.8, 4) is 0 Å². The summed E-state index contributed by atoms with van der Waals surface area (Å²) < 4.78 is 0.961. The van der Waals surface area contributed by atoms with E-state index in [1.165, 1.54) is 0 Å². The van der Waals surface area contributed by atoms with E-state index in [0.717, 1.165) is 15.6 Å². The zero-order valence-electron chi connectivity index (χ0n) is 10.3. The van der Waals surface area contributed by atoms with E-state index in [2.05, 4.69) is 31.2 Å². The van der Waals surface area contributed by atoms with Gasteiger partial charge in [0.2, 0.25) is 5.28 Å². The minimum absolute atomic E-state index is 0.0441. The lowest BCUT2D eigenvalue weighted by atomic mass is 10.1. The summed E-state index contributed by atoms with van der Waals surface area (Å²) in [4.78, 5) is 8.03. The summed E-state index contributed by atoms with van der Waals surface area (Å²) in [5.74, 6) is 0.624. The minimum Gasteiger partial charge on any atom is -0.394 e. The number of aromatic nitrogens is 2. The van der Waals surface area contributed by atoms with Gasteiger partial charge in [0.1, 0.15) is 5.82 Å². The Labute approximate surface area is 125 Å². The number of aryl methyl sites for hydroxylation is 1. The average Bonchev–Trinajstić information content (AvgIpc) is 2.39. The maximum absolute atomic E-state index is 9.54. The molecule has 0 bridgehead atoms. The first-order valence-corrected chi connectivity index (χ1v) is 6.89. The molecule has 0 saturated heterocycles. The van der Waals surface area contributed by atoms with Gasteiger partial charge in [-0.3, -0.25) is 0 Å². The van der Waals surface area contributed by atoms with Crippen LogP contribution in [-0.4, -0.2) is 21.7 Å². The first-order valence-electron chi connectivity index (χ1n) is 5.72. The highest BCUT2D eigenvalue weighted by atomic mass is 79.9. The molecule has 6 heteroatoms. The number of anilines is 1. The molecule has 0 aliphatic rings. The summed E-state index contributed by atoms with van der Waals surface area (Å²) in [7, 11) is 0. The molecule has 0 aliphatic heterocycles. The lowest BCUT2D eigenvalue weighted by Crippen LogP contribution is -2.16. The molecule has 1 heterocycles. The number of rotatable bonds is 4. The van der Waals surface area contributed by atoms with Gasteiger partial charge in [-0.25, -0.2) is 9.97 Å². The van der Waals surface area contributed by atoms with Crippen molar-refractivity contribution in [3.63, 3.8) is 0 Å². The van der Waals surface area contributed by atoms with Crippen LogP contribution < -0.4 is 5.32 Å². The summed E-state index contributed by atoms with van der Waals surface area (Å²) >= 11 is 9.20. The van der Waals surface area contributed by atoms with E-state index in [9.17, 15) is 5.11 Å². The standard InChI is InChI=1S/C13H13BrClN3O/c1-8-6-16-13(15)18-12(8)17-11(7-19)9-3-2-4-10(14)5-9/h2-6,11,19H,7H2,1H3,(H,16,17,18)/t11-/m1/s1. The Bertz CT molecular complexity index is 580. The van der Waals surface area contributed by atoms with Gasteiger partial charge >= 0.3 is 0 Å². The summed E-state index contributed by atoms with van der Waals surface area (Å²) in [6.45, 7) is 1.84. The highest BCUT2D eigenvalue weighted by Crippen LogP contribution is 2.23. The first-order chi connectivity index (χ1) is 9.10. The molecule has 0 radical (unpaired) electrons. The maximum Gasteiger partial charge on any atom is 0.224 e. The Morgan fingerprint density at radius 1 is 1.47 bits per heavy atom. The number of nitrogens with one attached hydrogen (secondary N) is 1. The number of aliphatic hydroxyl groups excluding tert-OH is 1. The van der Waals surface area contributed by atoms with Crippen molar-refractivity contribution in [1.29, 1.82) is 0 Å². The predicted molar refractivity (Wildman–Crippen MR) is 79.4 cm³/mol. The fourth-order valence-corrected chi connectivity index (χ4v) is 2.24. The van der Waals surface area contributed by atoms with Crippen LogP contribution in [0.25, 0.3) is 0 Å². The Hall–Kier alpha value is -1.17. The molecule has 0 fully saturated rings. The monoisotopic (exact) mass is 341 g/mol. The van der Waals surface area contributed by atoms with Gasteiger partial charge in [-0.15, -0.1) is 0 Å². The summed E-state index contributed by atoms with van der Waals surface area (Å²) in [5, 5.41) is 12.9. The maximum atomic E-state index is 9.54. The van der Waals surface area contributed by atoms with Gasteiger partial charge in [0, 0.05) is 16.2 Å². The zero-order chi connectivity index (χ0) is 13.8. The largest absolute Gasteiger partial charge is 0.394 e. The molecule has 2 N–H and O–H groups in total. The summed E-state index contributed by atoms with van der Waals surface area (Å²) in [6.07, 6.45) is 1.65. The number of benzene rings is 1. The quantitative estimate of drug-likeness (QED) is 0.837. The van der Waals surface area contributed by atoms with E-state index in [4.69, 9.17) is 11.6 Å². The van der Waals surface area contributed by atoms with E-state index >= 15 is 0 Å². The van der Waals surface area contributed by atoms with Crippen LogP contribution >= 0.6 is 27.5 Å². The molecule has 0 saturated carbocycles. The molecule has 0 aliphatic carbocycles. The Morgan fingerprint density at radius 2 is 2.26 bits per heavy atom. The highest BCUT2D eigenvalue weighted by Gasteiger charge is 2.13. The zero-order valence-corrected chi connectivity index (χ0v) is 12.6. The second-order valence-corrected chi connectivity index (χ2v) is 5.36. The number of hydrogen-bond acceptors (Lipinski definition) is 4. The molecule has 100 valence electrons. The van der Waals surface area contributed by atoms with Gasteiger partial charge in [-0.1, -0.05) is 28.1 Å². The van der Waals surface area contributed by atoms with Crippen LogP contribution in [0.3, 0.4) is 0 Å². The van der Waals surface area contributed by atoms with Crippen molar-refractivity contribution in [1.82, 2.24) is 9.97 Å². The normalized spacial score (nSPS) is 12.2. The van der Waals surface area contributed by atoms with Crippen LogP contribution in [0.5, 0.6) is 0 Å². The molecule has 1 aromatic heterocycles. The summed E-state index contributed by atoms with van der Waals surface area (Å²) in [5.41, 5.74) is 1.84. The Kier molecular flexibility index (Phi) is 4.74. The van der Waals surface area contributed by atoms with Crippen molar-refractivity contribution in [3.05, 3.63) is 51.3 Å². The highest BCUT2D eigenvalue weighted by molar-refractivity contribution is 9.10. The van der Waals surface area contributed by atoms with Gasteiger partial charge in [-0.2, -0.15) is 0 Å². The van der Waals surface area contributed by atoms with Crippen LogP contribution in [0, 0.1) is 6.92 Å². The predicted octanol–water partition coefficient (Wildman–Crippen LogP) is 3.35.